The van der Waals surface area contributed by atoms with Crippen molar-refractivity contribution in [2.45, 2.75) is 110 Å². The van der Waals surface area contributed by atoms with Crippen molar-refractivity contribution in [3.8, 4) is 0 Å². The summed E-state index contributed by atoms with van der Waals surface area (Å²) in [6.45, 7) is 14.4. The van der Waals surface area contributed by atoms with E-state index < -0.39 is 0 Å². The van der Waals surface area contributed by atoms with E-state index in [-0.39, 0.29) is 0 Å². The van der Waals surface area contributed by atoms with Crippen molar-refractivity contribution in [2.24, 2.45) is 52.1 Å². The first-order valence-electron chi connectivity index (χ1n) is 16.4. The number of hydrogen-bond acceptors (Lipinski definition) is 5. The molecule has 0 aromatic carbocycles. The molecule has 37 heavy (non-hydrogen) atoms. The van der Waals surface area contributed by atoms with Crippen molar-refractivity contribution in [1.82, 2.24) is 16.0 Å². The zero-order chi connectivity index (χ0) is 26.3. The first-order valence-corrected chi connectivity index (χ1v) is 16.4. The number of aliphatic hydroxyl groups excluding tert-OH is 1. The van der Waals surface area contributed by atoms with Gasteiger partial charge in [-0.3, -0.25) is 0 Å². The van der Waals surface area contributed by atoms with Gasteiger partial charge in [-0.15, -0.1) is 0 Å². The van der Waals surface area contributed by atoms with E-state index in [1.165, 1.54) is 83.6 Å². The minimum absolute atomic E-state index is 0.374. The summed E-state index contributed by atoms with van der Waals surface area (Å²) in [4.78, 5) is 0. The van der Waals surface area contributed by atoms with Crippen LogP contribution in [0.5, 0.6) is 0 Å². The molecule has 4 fully saturated rings. The van der Waals surface area contributed by atoms with E-state index in [0.29, 0.717) is 23.4 Å². The van der Waals surface area contributed by atoms with Gasteiger partial charge in [-0.1, -0.05) is 20.8 Å². The second-order valence-electron chi connectivity index (χ2n) is 14.2. The number of aliphatic hydroxyl groups is 1. The summed E-state index contributed by atoms with van der Waals surface area (Å²) in [5.41, 5.74) is 6.59. The SMILES string of the molecule is C[C@H](CO)[C@H]1CC[C@H]2[C@@H]3CC[C@H]4C[C@H](NCCCNCCCCNCCCN)CC[C@]4(C)[C@H]3CC[C@]12C. The van der Waals surface area contributed by atoms with Crippen LogP contribution in [0.15, 0.2) is 0 Å². The molecular formula is C32H62N4O. The molecule has 0 aromatic rings. The monoisotopic (exact) mass is 518 g/mol. The molecule has 4 aliphatic carbocycles. The lowest BCUT2D eigenvalue weighted by Gasteiger charge is -2.61. The molecule has 4 aliphatic rings. The molecule has 5 heteroatoms. The van der Waals surface area contributed by atoms with Crippen LogP contribution in [-0.4, -0.2) is 57.0 Å². The molecule has 0 spiro atoms. The van der Waals surface area contributed by atoms with Gasteiger partial charge in [0.1, 0.15) is 0 Å². The molecule has 0 radical (unpaired) electrons. The number of rotatable bonds is 15. The standard InChI is InChI=1S/C32H62N4O/c1-24(23-37)28-10-11-29-27-9-8-25-22-26(12-14-31(25,2)30(27)13-15-32(28,29)3)36-21-7-20-35-18-5-4-17-34-19-6-16-33/h24-30,34-37H,4-23,33H2,1-3H3/t24-,25+,26-,27+,28-,29+,30+,31+,32-/m1/s1. The fraction of sp³-hybridized carbons (Fsp3) is 1.00. The average molecular weight is 519 g/mol. The third-order valence-corrected chi connectivity index (χ3v) is 12.2. The summed E-state index contributed by atoms with van der Waals surface area (Å²) in [5, 5.41) is 21.0. The maximum absolute atomic E-state index is 9.90. The zero-order valence-electron chi connectivity index (χ0n) is 24.7. The van der Waals surface area contributed by atoms with Gasteiger partial charge in [-0.05, 0) is 169 Å². The molecule has 216 valence electrons. The Morgan fingerprint density at radius 1 is 0.784 bits per heavy atom. The maximum Gasteiger partial charge on any atom is 0.0459 e. The van der Waals surface area contributed by atoms with Crippen LogP contribution in [0.2, 0.25) is 0 Å². The smallest absolute Gasteiger partial charge is 0.0459 e. The Balaban J connectivity index is 1.14. The molecule has 4 saturated carbocycles. The van der Waals surface area contributed by atoms with Crippen molar-refractivity contribution < 1.29 is 5.11 Å². The second kappa shape index (κ2) is 13.9. The van der Waals surface area contributed by atoms with Crippen molar-refractivity contribution in [2.75, 3.05) is 45.9 Å². The van der Waals surface area contributed by atoms with E-state index in [1.807, 2.05) is 0 Å². The molecule has 0 bridgehead atoms. The summed E-state index contributed by atoms with van der Waals surface area (Å²) in [6, 6.07) is 0.740. The Morgan fingerprint density at radius 3 is 2.19 bits per heavy atom. The number of hydrogen-bond donors (Lipinski definition) is 5. The van der Waals surface area contributed by atoms with Crippen LogP contribution in [0.25, 0.3) is 0 Å². The van der Waals surface area contributed by atoms with Gasteiger partial charge < -0.3 is 26.8 Å². The third kappa shape index (κ3) is 6.76. The normalized spacial score (nSPS) is 40.1. The lowest BCUT2D eigenvalue weighted by molar-refractivity contribution is -0.118. The minimum atomic E-state index is 0.374. The summed E-state index contributed by atoms with van der Waals surface area (Å²) in [7, 11) is 0. The lowest BCUT2D eigenvalue weighted by Crippen LogP contribution is -2.55. The summed E-state index contributed by atoms with van der Waals surface area (Å²) >= 11 is 0. The van der Waals surface area contributed by atoms with Crippen LogP contribution in [0, 0.1) is 46.3 Å². The van der Waals surface area contributed by atoms with E-state index >= 15 is 0 Å². The van der Waals surface area contributed by atoms with Crippen LogP contribution < -0.4 is 21.7 Å². The Kier molecular flexibility index (Phi) is 11.2. The van der Waals surface area contributed by atoms with E-state index in [2.05, 4.69) is 36.7 Å². The summed E-state index contributed by atoms with van der Waals surface area (Å²) < 4.78 is 0. The van der Waals surface area contributed by atoms with Gasteiger partial charge in [0, 0.05) is 12.6 Å². The molecule has 9 atom stereocenters. The first-order chi connectivity index (χ1) is 17.9. The highest BCUT2D eigenvalue weighted by Crippen LogP contribution is 2.68. The van der Waals surface area contributed by atoms with Crippen molar-refractivity contribution >= 4 is 0 Å². The molecule has 0 aromatic heterocycles. The van der Waals surface area contributed by atoms with E-state index in [0.717, 1.165) is 74.8 Å². The van der Waals surface area contributed by atoms with Gasteiger partial charge in [-0.25, -0.2) is 0 Å². The molecule has 0 amide bonds. The fourth-order valence-electron chi connectivity index (χ4n) is 10.0. The second-order valence-corrected chi connectivity index (χ2v) is 14.2. The van der Waals surface area contributed by atoms with E-state index in [1.54, 1.807) is 0 Å². The Hall–Kier alpha value is -0.200. The maximum atomic E-state index is 9.90. The molecule has 0 heterocycles. The summed E-state index contributed by atoms with van der Waals surface area (Å²) in [5.74, 6) is 4.96. The quantitative estimate of drug-likeness (QED) is 0.199. The molecule has 0 saturated heterocycles. The van der Waals surface area contributed by atoms with Gasteiger partial charge in [0.25, 0.3) is 0 Å². The van der Waals surface area contributed by atoms with Crippen LogP contribution >= 0.6 is 0 Å². The molecular weight excluding hydrogens is 456 g/mol. The number of unbranched alkanes of at least 4 members (excludes halogenated alkanes) is 1. The van der Waals surface area contributed by atoms with Gasteiger partial charge in [-0.2, -0.15) is 0 Å². The highest BCUT2D eigenvalue weighted by atomic mass is 16.3. The Bertz CT molecular complexity index is 675. The highest BCUT2D eigenvalue weighted by molar-refractivity contribution is 5.10. The average Bonchev–Trinajstić information content (AvgIpc) is 3.26. The van der Waals surface area contributed by atoms with Crippen LogP contribution in [0.3, 0.4) is 0 Å². The van der Waals surface area contributed by atoms with Crippen molar-refractivity contribution in [3.63, 3.8) is 0 Å². The zero-order valence-corrected chi connectivity index (χ0v) is 24.7. The fourth-order valence-corrected chi connectivity index (χ4v) is 10.0. The topological polar surface area (TPSA) is 82.3 Å². The Labute approximate surface area is 229 Å². The molecule has 4 rings (SSSR count). The first kappa shape index (κ1) is 29.8. The molecule has 0 aliphatic heterocycles. The van der Waals surface area contributed by atoms with Gasteiger partial charge >= 0.3 is 0 Å². The Morgan fingerprint density at radius 2 is 1.46 bits per heavy atom. The predicted molar refractivity (Wildman–Crippen MR) is 157 cm³/mol. The van der Waals surface area contributed by atoms with Crippen LogP contribution in [0.4, 0.5) is 0 Å². The number of fused-ring (bicyclic) bond motifs is 5. The van der Waals surface area contributed by atoms with Crippen LogP contribution in [-0.2, 0) is 0 Å². The third-order valence-electron chi connectivity index (χ3n) is 12.2. The number of nitrogens with one attached hydrogen (secondary N) is 3. The summed E-state index contributed by atoms with van der Waals surface area (Å²) in [6.07, 6.45) is 17.7. The van der Waals surface area contributed by atoms with Crippen molar-refractivity contribution in [1.29, 1.82) is 0 Å². The van der Waals surface area contributed by atoms with Gasteiger partial charge in [0.15, 0.2) is 0 Å². The largest absolute Gasteiger partial charge is 0.396 e. The minimum Gasteiger partial charge on any atom is -0.396 e. The predicted octanol–water partition coefficient (Wildman–Crippen LogP) is 4.93. The van der Waals surface area contributed by atoms with Gasteiger partial charge in [0.05, 0.1) is 0 Å². The van der Waals surface area contributed by atoms with Crippen molar-refractivity contribution in [3.05, 3.63) is 0 Å². The lowest BCUT2D eigenvalue weighted by atomic mass is 9.44. The molecule has 6 N–H and O–H groups in total. The van der Waals surface area contributed by atoms with Gasteiger partial charge in [0.2, 0.25) is 0 Å². The highest BCUT2D eigenvalue weighted by Gasteiger charge is 2.60. The number of nitrogens with two attached hydrogens (primary N) is 1. The van der Waals surface area contributed by atoms with E-state index in [9.17, 15) is 5.11 Å². The molecule has 0 unspecified atom stereocenters. The molecule has 5 nitrogen and oxygen atoms in total. The van der Waals surface area contributed by atoms with Crippen LogP contribution in [0.1, 0.15) is 104 Å². The van der Waals surface area contributed by atoms with E-state index in [4.69, 9.17) is 5.73 Å².